The van der Waals surface area contributed by atoms with Crippen LogP contribution in [0.15, 0.2) is 53.4 Å². The van der Waals surface area contributed by atoms with Crippen molar-refractivity contribution in [3.8, 4) is 5.75 Å². The minimum Gasteiger partial charge on any atom is -0.481 e. The molecule has 0 unspecified atom stereocenters. The summed E-state index contributed by atoms with van der Waals surface area (Å²) >= 11 is 0. The first kappa shape index (κ1) is 18.4. The zero-order chi connectivity index (χ0) is 18.6. The molecule has 0 fully saturated rings. The molecule has 10 heteroatoms. The Balaban J connectivity index is 1.99. The highest BCUT2D eigenvalue weighted by atomic mass is 32.2. The summed E-state index contributed by atoms with van der Waals surface area (Å²) in [5, 5.41) is 18.1. The number of anilines is 1. The molecule has 2 aromatic carbocycles. The second kappa shape index (κ2) is 7.28. The number of amides is 1. The number of nitro groups is 1. The summed E-state index contributed by atoms with van der Waals surface area (Å²) in [5.41, 5.74) is 0.288. The van der Waals surface area contributed by atoms with Crippen LogP contribution in [0, 0.1) is 10.1 Å². The summed E-state index contributed by atoms with van der Waals surface area (Å²) in [6.07, 6.45) is -0.876. The molecule has 2 rings (SSSR count). The van der Waals surface area contributed by atoms with Gasteiger partial charge in [-0.05, 0) is 43.3 Å². The van der Waals surface area contributed by atoms with Crippen molar-refractivity contribution in [3.05, 3.63) is 58.6 Å². The number of rotatable bonds is 6. The van der Waals surface area contributed by atoms with Gasteiger partial charge in [0.15, 0.2) is 6.10 Å². The highest BCUT2D eigenvalue weighted by molar-refractivity contribution is 7.89. The largest absolute Gasteiger partial charge is 0.481 e. The van der Waals surface area contributed by atoms with E-state index in [4.69, 9.17) is 9.88 Å². The Labute approximate surface area is 143 Å². The maximum absolute atomic E-state index is 12.1. The number of nitrogens with two attached hydrogens (primary N) is 1. The SMILES string of the molecule is C[C@@H](Oc1ccc([N+](=O)[O-])cc1)C(=O)Nc1ccc(S(N)(=O)=O)cc1. The van der Waals surface area contributed by atoms with Crippen molar-refractivity contribution in [2.45, 2.75) is 17.9 Å². The number of primary sulfonamides is 1. The van der Waals surface area contributed by atoms with E-state index in [1.807, 2.05) is 0 Å². The van der Waals surface area contributed by atoms with Crippen molar-refractivity contribution in [1.29, 1.82) is 0 Å². The lowest BCUT2D eigenvalue weighted by molar-refractivity contribution is -0.384. The number of nitrogens with zero attached hydrogens (tertiary/aromatic N) is 1. The van der Waals surface area contributed by atoms with Crippen molar-refractivity contribution in [2.75, 3.05) is 5.32 Å². The Morgan fingerprint density at radius 2 is 1.72 bits per heavy atom. The molecule has 9 nitrogen and oxygen atoms in total. The van der Waals surface area contributed by atoms with Crippen LogP contribution in [-0.4, -0.2) is 25.4 Å². The molecule has 132 valence electrons. The number of nitro benzene ring substituents is 1. The van der Waals surface area contributed by atoms with Gasteiger partial charge in [0.25, 0.3) is 11.6 Å². The molecule has 1 atom stereocenters. The van der Waals surface area contributed by atoms with Crippen LogP contribution in [0.2, 0.25) is 0 Å². The van der Waals surface area contributed by atoms with E-state index < -0.39 is 27.0 Å². The number of carbonyl (C=O) groups is 1. The van der Waals surface area contributed by atoms with Crippen LogP contribution < -0.4 is 15.2 Å². The monoisotopic (exact) mass is 365 g/mol. The van der Waals surface area contributed by atoms with Crippen molar-refractivity contribution in [3.63, 3.8) is 0 Å². The van der Waals surface area contributed by atoms with E-state index in [9.17, 15) is 23.3 Å². The van der Waals surface area contributed by atoms with Gasteiger partial charge in [-0.2, -0.15) is 0 Å². The van der Waals surface area contributed by atoms with Gasteiger partial charge in [-0.1, -0.05) is 0 Å². The molecule has 3 N–H and O–H groups in total. The van der Waals surface area contributed by atoms with Gasteiger partial charge >= 0.3 is 0 Å². The van der Waals surface area contributed by atoms with Gasteiger partial charge in [-0.3, -0.25) is 14.9 Å². The lowest BCUT2D eigenvalue weighted by Gasteiger charge is -2.14. The smallest absolute Gasteiger partial charge is 0.269 e. The van der Waals surface area contributed by atoms with Crippen LogP contribution in [-0.2, 0) is 14.8 Å². The number of ether oxygens (including phenoxy) is 1. The third-order valence-electron chi connectivity index (χ3n) is 3.18. The van der Waals surface area contributed by atoms with Crippen molar-refractivity contribution >= 4 is 27.3 Å². The Hall–Kier alpha value is -2.98. The molecule has 0 aromatic heterocycles. The summed E-state index contributed by atoms with van der Waals surface area (Å²) in [5.74, 6) is -0.167. The predicted octanol–water partition coefficient (Wildman–Crippen LogP) is 1.65. The molecule has 0 aliphatic heterocycles. The van der Waals surface area contributed by atoms with Crippen LogP contribution in [0.5, 0.6) is 5.75 Å². The number of nitrogens with one attached hydrogen (secondary N) is 1. The lowest BCUT2D eigenvalue weighted by Crippen LogP contribution is -2.30. The highest BCUT2D eigenvalue weighted by Crippen LogP contribution is 2.19. The standard InChI is InChI=1S/C15H15N3O6S/c1-10(24-13-6-4-12(5-7-13)18(20)21)15(19)17-11-2-8-14(9-3-11)25(16,22)23/h2-10H,1H3,(H,17,19)(H2,16,22,23)/t10-/m1/s1. The fourth-order valence-corrected chi connectivity index (χ4v) is 2.39. The maximum Gasteiger partial charge on any atom is 0.269 e. The van der Waals surface area contributed by atoms with E-state index in [-0.39, 0.29) is 10.6 Å². The number of sulfonamides is 1. The number of hydrogen-bond donors (Lipinski definition) is 2. The van der Waals surface area contributed by atoms with Crippen molar-refractivity contribution < 1.29 is 22.9 Å². The fourth-order valence-electron chi connectivity index (χ4n) is 1.88. The Bertz CT molecular complexity index is 878. The maximum atomic E-state index is 12.1. The van der Waals surface area contributed by atoms with Crippen LogP contribution in [0.1, 0.15) is 6.92 Å². The number of benzene rings is 2. The van der Waals surface area contributed by atoms with Crippen LogP contribution in [0.25, 0.3) is 0 Å². The van der Waals surface area contributed by atoms with Gasteiger partial charge in [0, 0.05) is 17.8 Å². The summed E-state index contributed by atoms with van der Waals surface area (Å²) in [6.45, 7) is 1.51. The quantitative estimate of drug-likeness (QED) is 0.589. The molecule has 0 saturated heterocycles. The van der Waals surface area contributed by atoms with Gasteiger partial charge in [0.05, 0.1) is 9.82 Å². The Morgan fingerprint density at radius 1 is 1.16 bits per heavy atom. The van der Waals surface area contributed by atoms with Crippen molar-refractivity contribution in [1.82, 2.24) is 0 Å². The van der Waals surface area contributed by atoms with E-state index in [0.29, 0.717) is 11.4 Å². The van der Waals surface area contributed by atoms with E-state index in [1.165, 1.54) is 55.5 Å². The zero-order valence-electron chi connectivity index (χ0n) is 13.1. The normalized spacial score (nSPS) is 12.2. The molecule has 0 bridgehead atoms. The Kier molecular flexibility index (Phi) is 5.35. The third-order valence-corrected chi connectivity index (χ3v) is 4.11. The molecule has 0 aliphatic carbocycles. The average molecular weight is 365 g/mol. The molecule has 25 heavy (non-hydrogen) atoms. The highest BCUT2D eigenvalue weighted by Gasteiger charge is 2.16. The predicted molar refractivity (Wildman–Crippen MR) is 89.6 cm³/mol. The van der Waals surface area contributed by atoms with E-state index in [2.05, 4.69) is 5.32 Å². The minimum absolute atomic E-state index is 0.0688. The number of hydrogen-bond acceptors (Lipinski definition) is 6. The fraction of sp³-hybridized carbons (Fsp3) is 0.133. The second-order valence-corrected chi connectivity index (χ2v) is 6.63. The topological polar surface area (TPSA) is 142 Å². The van der Waals surface area contributed by atoms with Crippen LogP contribution >= 0.6 is 0 Å². The molecule has 0 heterocycles. The summed E-state index contributed by atoms with van der Waals surface area (Å²) in [6, 6.07) is 10.7. The summed E-state index contributed by atoms with van der Waals surface area (Å²) in [7, 11) is -3.80. The molecule has 2 aromatic rings. The summed E-state index contributed by atoms with van der Waals surface area (Å²) in [4.78, 5) is 22.1. The molecule has 1 amide bonds. The zero-order valence-corrected chi connectivity index (χ0v) is 13.9. The molecule has 0 aliphatic rings. The third kappa shape index (κ3) is 4.99. The van der Waals surface area contributed by atoms with E-state index in [1.54, 1.807) is 0 Å². The molecular weight excluding hydrogens is 350 g/mol. The molecule has 0 radical (unpaired) electrons. The van der Waals surface area contributed by atoms with E-state index >= 15 is 0 Å². The summed E-state index contributed by atoms with van der Waals surface area (Å²) < 4.78 is 27.8. The first-order valence-electron chi connectivity index (χ1n) is 7.01. The molecular formula is C15H15N3O6S. The number of carbonyl (C=O) groups excluding carboxylic acids is 1. The Morgan fingerprint density at radius 3 is 2.20 bits per heavy atom. The van der Waals surface area contributed by atoms with Crippen LogP contribution in [0.3, 0.4) is 0 Å². The minimum atomic E-state index is -3.80. The van der Waals surface area contributed by atoms with E-state index in [0.717, 1.165) is 0 Å². The van der Waals surface area contributed by atoms with Crippen molar-refractivity contribution in [2.24, 2.45) is 5.14 Å². The lowest BCUT2D eigenvalue weighted by atomic mass is 10.3. The molecule has 0 spiro atoms. The second-order valence-electron chi connectivity index (χ2n) is 5.07. The van der Waals surface area contributed by atoms with Gasteiger partial charge in [-0.15, -0.1) is 0 Å². The first-order valence-corrected chi connectivity index (χ1v) is 8.56. The average Bonchev–Trinajstić information content (AvgIpc) is 2.55. The van der Waals surface area contributed by atoms with Gasteiger partial charge in [-0.25, -0.2) is 13.6 Å². The van der Waals surface area contributed by atoms with Gasteiger partial charge in [0.2, 0.25) is 10.0 Å². The van der Waals surface area contributed by atoms with Gasteiger partial charge in [0.1, 0.15) is 5.75 Å². The number of non-ortho nitro benzene ring substituents is 1. The molecule has 0 saturated carbocycles. The first-order chi connectivity index (χ1) is 11.7. The van der Waals surface area contributed by atoms with Crippen LogP contribution in [0.4, 0.5) is 11.4 Å². The van der Waals surface area contributed by atoms with Gasteiger partial charge < -0.3 is 10.1 Å².